The molecule has 0 amide bonds. The topological polar surface area (TPSA) is 28.7 Å². The van der Waals surface area contributed by atoms with Gasteiger partial charge in [-0.2, -0.15) is 5.10 Å². The Hall–Kier alpha value is -1.57. The normalized spacial score (nSPS) is 10.7. The van der Waals surface area contributed by atoms with Crippen molar-refractivity contribution in [2.75, 3.05) is 0 Å². The van der Waals surface area contributed by atoms with Gasteiger partial charge in [0.2, 0.25) is 0 Å². The van der Waals surface area contributed by atoms with Crippen molar-refractivity contribution in [3.05, 3.63) is 42.1 Å². The van der Waals surface area contributed by atoms with Crippen LogP contribution in [0.15, 0.2) is 36.4 Å². The number of aromatic amines is 1. The minimum absolute atomic E-state index is 1.05. The molecule has 0 saturated heterocycles. The Labute approximate surface area is 109 Å². The monoisotopic (exact) mass is 242 g/mol. The number of aromatic nitrogens is 2. The van der Waals surface area contributed by atoms with Gasteiger partial charge in [-0.1, -0.05) is 62.9 Å². The Morgan fingerprint density at radius 1 is 1.00 bits per heavy atom. The van der Waals surface area contributed by atoms with Gasteiger partial charge in [0.05, 0.1) is 5.69 Å². The number of hydrogen-bond acceptors (Lipinski definition) is 1. The van der Waals surface area contributed by atoms with Crippen LogP contribution in [0.25, 0.3) is 11.3 Å². The number of hydrogen-bond donors (Lipinski definition) is 1. The second-order valence-corrected chi connectivity index (χ2v) is 4.81. The summed E-state index contributed by atoms with van der Waals surface area (Å²) in [5.74, 6) is 0. The minimum Gasteiger partial charge on any atom is -0.282 e. The summed E-state index contributed by atoms with van der Waals surface area (Å²) in [7, 11) is 0. The Kier molecular flexibility index (Phi) is 5.00. The van der Waals surface area contributed by atoms with E-state index >= 15 is 0 Å². The van der Waals surface area contributed by atoms with Crippen molar-refractivity contribution in [2.45, 2.75) is 45.4 Å². The molecule has 0 aliphatic heterocycles. The lowest BCUT2D eigenvalue weighted by Crippen LogP contribution is -1.86. The second kappa shape index (κ2) is 7.00. The highest BCUT2D eigenvalue weighted by Gasteiger charge is 2.02. The van der Waals surface area contributed by atoms with Crippen molar-refractivity contribution in [2.24, 2.45) is 0 Å². The van der Waals surface area contributed by atoms with Gasteiger partial charge in [0.1, 0.15) is 0 Å². The summed E-state index contributed by atoms with van der Waals surface area (Å²) < 4.78 is 0. The number of nitrogens with one attached hydrogen (secondary N) is 1. The van der Waals surface area contributed by atoms with Crippen molar-refractivity contribution in [3.63, 3.8) is 0 Å². The number of rotatable bonds is 7. The molecule has 0 radical (unpaired) electrons. The molecule has 1 heterocycles. The smallest absolute Gasteiger partial charge is 0.0923 e. The summed E-state index contributed by atoms with van der Waals surface area (Å²) in [6.45, 7) is 2.25. The molecule has 2 rings (SSSR count). The summed E-state index contributed by atoms with van der Waals surface area (Å²) in [6, 6.07) is 12.5. The average Bonchev–Trinajstić information content (AvgIpc) is 2.88. The van der Waals surface area contributed by atoms with Crippen LogP contribution in [0.1, 0.15) is 44.7 Å². The van der Waals surface area contributed by atoms with Crippen LogP contribution in [-0.2, 0) is 6.42 Å². The highest BCUT2D eigenvalue weighted by molar-refractivity contribution is 5.58. The standard InChI is InChI=1S/C16H22N2/c1-2-3-4-5-9-12-15-13-16(18-17-15)14-10-7-6-8-11-14/h6-8,10-11,13H,2-5,9,12H2,1H3,(H,17,18). The van der Waals surface area contributed by atoms with Crippen molar-refractivity contribution in [1.82, 2.24) is 10.2 Å². The lowest BCUT2D eigenvalue weighted by atomic mass is 10.1. The van der Waals surface area contributed by atoms with E-state index < -0.39 is 0 Å². The van der Waals surface area contributed by atoms with Gasteiger partial charge in [-0.3, -0.25) is 5.10 Å². The number of aryl methyl sites for hydroxylation is 1. The van der Waals surface area contributed by atoms with Gasteiger partial charge < -0.3 is 0 Å². The Morgan fingerprint density at radius 3 is 2.56 bits per heavy atom. The Morgan fingerprint density at radius 2 is 1.78 bits per heavy atom. The van der Waals surface area contributed by atoms with Gasteiger partial charge in [0.15, 0.2) is 0 Å². The maximum atomic E-state index is 4.38. The van der Waals surface area contributed by atoms with E-state index in [0.29, 0.717) is 0 Å². The zero-order valence-corrected chi connectivity index (χ0v) is 11.2. The fourth-order valence-electron chi connectivity index (χ4n) is 2.17. The van der Waals surface area contributed by atoms with Crippen LogP contribution in [0.2, 0.25) is 0 Å². The maximum Gasteiger partial charge on any atom is 0.0923 e. The van der Waals surface area contributed by atoms with Gasteiger partial charge >= 0.3 is 0 Å². The lowest BCUT2D eigenvalue weighted by Gasteiger charge is -1.97. The molecular formula is C16H22N2. The van der Waals surface area contributed by atoms with Crippen molar-refractivity contribution >= 4 is 0 Å². The molecule has 0 bridgehead atoms. The molecule has 0 unspecified atom stereocenters. The number of nitrogens with zero attached hydrogens (tertiary/aromatic N) is 1. The van der Waals surface area contributed by atoms with Crippen molar-refractivity contribution < 1.29 is 0 Å². The molecule has 0 spiro atoms. The largest absolute Gasteiger partial charge is 0.282 e. The molecule has 1 aromatic heterocycles. The molecule has 2 nitrogen and oxygen atoms in total. The van der Waals surface area contributed by atoms with E-state index in [4.69, 9.17) is 0 Å². The molecule has 2 heteroatoms. The molecule has 96 valence electrons. The molecule has 18 heavy (non-hydrogen) atoms. The average molecular weight is 242 g/mol. The summed E-state index contributed by atoms with van der Waals surface area (Å²) in [5, 5.41) is 7.52. The summed E-state index contributed by atoms with van der Waals surface area (Å²) in [4.78, 5) is 0. The molecule has 0 atom stereocenters. The maximum absolute atomic E-state index is 4.38. The zero-order valence-electron chi connectivity index (χ0n) is 11.2. The highest BCUT2D eigenvalue weighted by Crippen LogP contribution is 2.18. The van der Waals surface area contributed by atoms with Crippen LogP contribution in [0, 0.1) is 0 Å². The predicted molar refractivity (Wildman–Crippen MR) is 76.5 cm³/mol. The van der Waals surface area contributed by atoms with Crippen molar-refractivity contribution in [1.29, 1.82) is 0 Å². The lowest BCUT2D eigenvalue weighted by molar-refractivity contribution is 0.627. The van der Waals surface area contributed by atoms with E-state index in [1.54, 1.807) is 0 Å². The second-order valence-electron chi connectivity index (χ2n) is 4.81. The molecule has 0 fully saturated rings. The third kappa shape index (κ3) is 3.73. The molecule has 1 N–H and O–H groups in total. The van der Waals surface area contributed by atoms with Gasteiger partial charge in [0, 0.05) is 11.3 Å². The van der Waals surface area contributed by atoms with Crippen molar-refractivity contribution in [3.8, 4) is 11.3 Å². The van der Waals surface area contributed by atoms with Crippen LogP contribution in [-0.4, -0.2) is 10.2 Å². The van der Waals surface area contributed by atoms with Crippen LogP contribution in [0.3, 0.4) is 0 Å². The molecule has 0 saturated carbocycles. The van der Waals surface area contributed by atoms with Crippen LogP contribution in [0.5, 0.6) is 0 Å². The first-order chi connectivity index (χ1) is 8.90. The summed E-state index contributed by atoms with van der Waals surface area (Å²) >= 11 is 0. The molecule has 0 aliphatic carbocycles. The summed E-state index contributed by atoms with van der Waals surface area (Å²) in [6.07, 6.45) is 7.73. The van der Waals surface area contributed by atoms with E-state index in [0.717, 1.165) is 12.1 Å². The van der Waals surface area contributed by atoms with E-state index in [-0.39, 0.29) is 0 Å². The zero-order chi connectivity index (χ0) is 12.6. The fourth-order valence-corrected chi connectivity index (χ4v) is 2.17. The first-order valence-electron chi connectivity index (χ1n) is 7.00. The van der Waals surface area contributed by atoms with Crippen LogP contribution >= 0.6 is 0 Å². The van der Waals surface area contributed by atoms with E-state index in [9.17, 15) is 0 Å². The molecular weight excluding hydrogens is 220 g/mol. The van der Waals surface area contributed by atoms with E-state index in [1.807, 2.05) is 6.07 Å². The number of benzene rings is 1. The predicted octanol–water partition coefficient (Wildman–Crippen LogP) is 4.59. The van der Waals surface area contributed by atoms with Gasteiger partial charge in [-0.25, -0.2) is 0 Å². The van der Waals surface area contributed by atoms with Gasteiger partial charge in [0.25, 0.3) is 0 Å². The SMILES string of the molecule is CCCCCCCc1cc(-c2ccccc2)n[nH]1. The Balaban J connectivity index is 1.83. The van der Waals surface area contributed by atoms with Gasteiger partial charge in [-0.05, 0) is 18.9 Å². The Bertz CT molecular complexity index is 445. The third-order valence-corrected chi connectivity index (χ3v) is 3.25. The fraction of sp³-hybridized carbons (Fsp3) is 0.438. The number of unbranched alkanes of at least 4 members (excludes halogenated alkanes) is 4. The molecule has 2 aromatic rings. The number of H-pyrrole nitrogens is 1. The molecule has 0 aliphatic rings. The van der Waals surface area contributed by atoms with E-state index in [1.165, 1.54) is 43.4 Å². The van der Waals surface area contributed by atoms with Crippen LogP contribution < -0.4 is 0 Å². The van der Waals surface area contributed by atoms with Crippen LogP contribution in [0.4, 0.5) is 0 Å². The summed E-state index contributed by atoms with van der Waals surface area (Å²) in [5.41, 5.74) is 3.50. The third-order valence-electron chi connectivity index (χ3n) is 3.25. The quantitative estimate of drug-likeness (QED) is 0.707. The highest BCUT2D eigenvalue weighted by atomic mass is 15.1. The first-order valence-corrected chi connectivity index (χ1v) is 7.00. The molecule has 1 aromatic carbocycles. The minimum atomic E-state index is 1.05. The first kappa shape index (κ1) is 12.9. The van der Waals surface area contributed by atoms with E-state index in [2.05, 4.69) is 47.5 Å². The van der Waals surface area contributed by atoms with Gasteiger partial charge in [-0.15, -0.1) is 0 Å².